The monoisotopic (exact) mass is 316 g/mol. The summed E-state index contributed by atoms with van der Waals surface area (Å²) in [5, 5.41) is 19.8. The summed E-state index contributed by atoms with van der Waals surface area (Å²) in [7, 11) is 0. The predicted molar refractivity (Wildman–Crippen MR) is 86.0 cm³/mol. The smallest absolute Gasteiger partial charge is 0.196 e. The number of ketones is 2. The lowest BCUT2D eigenvalue weighted by atomic mass is 9.85. The number of benzene rings is 1. The van der Waals surface area contributed by atoms with Crippen molar-refractivity contribution in [2.24, 2.45) is 0 Å². The number of rotatable bonds is 5. The first-order valence-electron chi connectivity index (χ1n) is 7.47. The third-order valence-corrected chi connectivity index (χ3v) is 3.64. The third kappa shape index (κ3) is 3.35. The van der Waals surface area contributed by atoms with Crippen LogP contribution in [0, 0.1) is 0 Å². The summed E-state index contributed by atoms with van der Waals surface area (Å²) in [4.78, 5) is 25.0. The number of ether oxygens (including phenoxy) is 1. The van der Waals surface area contributed by atoms with Gasteiger partial charge in [0, 0.05) is 12.2 Å². The van der Waals surface area contributed by atoms with Crippen molar-refractivity contribution in [2.75, 3.05) is 6.61 Å². The normalized spacial score (nSPS) is 15.0. The molecule has 5 nitrogen and oxygen atoms in total. The zero-order valence-corrected chi connectivity index (χ0v) is 13.4. The first kappa shape index (κ1) is 17.0. The number of phenolic OH excluding ortho intramolecular Hbond substituents is 2. The molecule has 122 valence electrons. The van der Waals surface area contributed by atoms with Gasteiger partial charge in [-0.05, 0) is 45.4 Å². The highest BCUT2D eigenvalue weighted by atomic mass is 16.5. The van der Waals surface area contributed by atoms with E-state index in [4.69, 9.17) is 4.74 Å². The Morgan fingerprint density at radius 1 is 1.17 bits per heavy atom. The van der Waals surface area contributed by atoms with Crippen LogP contribution in [-0.4, -0.2) is 34.5 Å². The third-order valence-electron chi connectivity index (χ3n) is 3.64. The summed E-state index contributed by atoms with van der Waals surface area (Å²) in [6, 6.07) is 2.40. The molecular formula is C18H20O5. The van der Waals surface area contributed by atoms with Gasteiger partial charge in [0.2, 0.25) is 0 Å². The molecule has 23 heavy (non-hydrogen) atoms. The minimum absolute atomic E-state index is 0.156. The standard InChI is InChI=1S/C18H20O5/c1-4-23-15(8-5-10(2)3)11-9-14(21)16-12(19)6-7-13(20)17(16)18(11)22/h5-7,9,15,19-20H,4,8H2,1-3H3. The van der Waals surface area contributed by atoms with Crippen molar-refractivity contribution in [1.29, 1.82) is 0 Å². The molecule has 0 bridgehead atoms. The topological polar surface area (TPSA) is 83.8 Å². The lowest BCUT2D eigenvalue weighted by Crippen LogP contribution is -2.27. The molecule has 0 aliphatic heterocycles. The van der Waals surface area contributed by atoms with Gasteiger partial charge in [-0.3, -0.25) is 9.59 Å². The van der Waals surface area contributed by atoms with E-state index in [1.807, 2.05) is 26.8 Å². The van der Waals surface area contributed by atoms with E-state index in [0.717, 1.165) is 5.57 Å². The summed E-state index contributed by atoms with van der Waals surface area (Å²) in [6.45, 7) is 6.07. The molecule has 2 N–H and O–H groups in total. The Hall–Kier alpha value is -2.40. The summed E-state index contributed by atoms with van der Waals surface area (Å²) < 4.78 is 5.61. The van der Waals surface area contributed by atoms with Crippen LogP contribution in [0.2, 0.25) is 0 Å². The highest BCUT2D eigenvalue weighted by Gasteiger charge is 2.34. The molecule has 1 aliphatic rings. The minimum Gasteiger partial charge on any atom is -0.507 e. The number of Topliss-reactive ketones (excluding diaryl/α,β-unsaturated/α-hetero) is 1. The van der Waals surface area contributed by atoms with Gasteiger partial charge in [-0.25, -0.2) is 0 Å². The average molecular weight is 316 g/mol. The molecule has 1 atom stereocenters. The molecule has 0 heterocycles. The van der Waals surface area contributed by atoms with E-state index in [0.29, 0.717) is 13.0 Å². The second-order valence-corrected chi connectivity index (χ2v) is 5.61. The van der Waals surface area contributed by atoms with Crippen molar-refractivity contribution in [2.45, 2.75) is 33.3 Å². The Balaban J connectivity index is 2.48. The van der Waals surface area contributed by atoms with E-state index in [1.165, 1.54) is 18.2 Å². The Labute approximate surface area is 134 Å². The molecule has 0 saturated heterocycles. The van der Waals surface area contributed by atoms with Crippen molar-refractivity contribution < 1.29 is 24.5 Å². The maximum absolute atomic E-state index is 12.7. The zero-order chi connectivity index (χ0) is 17.1. The highest BCUT2D eigenvalue weighted by molar-refractivity contribution is 6.27. The van der Waals surface area contributed by atoms with Crippen LogP contribution in [-0.2, 0) is 4.74 Å². The number of aromatic hydroxyl groups is 2. The average Bonchev–Trinajstić information content (AvgIpc) is 2.49. The van der Waals surface area contributed by atoms with Crippen molar-refractivity contribution in [3.05, 3.63) is 46.6 Å². The Morgan fingerprint density at radius 3 is 2.35 bits per heavy atom. The van der Waals surface area contributed by atoms with Crippen molar-refractivity contribution in [1.82, 2.24) is 0 Å². The number of carbonyl (C=O) groups is 2. The van der Waals surface area contributed by atoms with Crippen LogP contribution < -0.4 is 0 Å². The van der Waals surface area contributed by atoms with Gasteiger partial charge in [0.15, 0.2) is 11.6 Å². The lowest BCUT2D eigenvalue weighted by molar-refractivity contribution is 0.0756. The van der Waals surface area contributed by atoms with Crippen molar-refractivity contribution in [3.63, 3.8) is 0 Å². The number of fused-ring (bicyclic) bond motifs is 1. The van der Waals surface area contributed by atoms with Gasteiger partial charge in [0.1, 0.15) is 11.5 Å². The van der Waals surface area contributed by atoms with E-state index in [1.54, 1.807) is 0 Å². The SMILES string of the molecule is CCOC(CC=C(C)C)C1=CC(=O)c2c(O)ccc(O)c2C1=O. The molecule has 0 amide bonds. The van der Waals surface area contributed by atoms with Crippen LogP contribution in [0.4, 0.5) is 0 Å². The van der Waals surface area contributed by atoms with Gasteiger partial charge in [-0.1, -0.05) is 11.6 Å². The summed E-state index contributed by atoms with van der Waals surface area (Å²) in [5.41, 5.74) is 0.958. The zero-order valence-electron chi connectivity index (χ0n) is 13.4. The molecule has 2 rings (SSSR count). The Bertz CT molecular complexity index is 708. The molecule has 0 fully saturated rings. The molecule has 1 unspecified atom stereocenters. The molecule has 1 aromatic rings. The van der Waals surface area contributed by atoms with E-state index in [-0.39, 0.29) is 28.2 Å². The van der Waals surface area contributed by atoms with Crippen LogP contribution in [0.3, 0.4) is 0 Å². The maximum atomic E-state index is 12.7. The number of hydrogen-bond acceptors (Lipinski definition) is 5. The second-order valence-electron chi connectivity index (χ2n) is 5.61. The Morgan fingerprint density at radius 2 is 1.78 bits per heavy atom. The summed E-state index contributed by atoms with van der Waals surface area (Å²) in [6.07, 6.45) is 3.01. The van der Waals surface area contributed by atoms with Gasteiger partial charge >= 0.3 is 0 Å². The predicted octanol–water partition coefficient (Wildman–Crippen LogP) is 3.16. The molecule has 0 saturated carbocycles. The second kappa shape index (κ2) is 6.79. The van der Waals surface area contributed by atoms with Gasteiger partial charge < -0.3 is 14.9 Å². The van der Waals surface area contributed by atoms with Crippen LogP contribution in [0.15, 0.2) is 35.4 Å². The van der Waals surface area contributed by atoms with E-state index >= 15 is 0 Å². The molecule has 1 aromatic carbocycles. The summed E-state index contributed by atoms with van der Waals surface area (Å²) in [5.74, 6) is -1.64. The first-order chi connectivity index (χ1) is 10.9. The van der Waals surface area contributed by atoms with E-state index in [9.17, 15) is 19.8 Å². The fraction of sp³-hybridized carbons (Fsp3) is 0.333. The van der Waals surface area contributed by atoms with Crippen LogP contribution in [0.5, 0.6) is 11.5 Å². The largest absolute Gasteiger partial charge is 0.507 e. The first-order valence-corrected chi connectivity index (χ1v) is 7.47. The Kier molecular flexibility index (Phi) is 5.01. The molecule has 1 aliphatic carbocycles. The summed E-state index contributed by atoms with van der Waals surface area (Å²) >= 11 is 0. The van der Waals surface area contributed by atoms with Gasteiger partial charge in [-0.2, -0.15) is 0 Å². The number of phenols is 2. The fourth-order valence-corrected chi connectivity index (χ4v) is 2.55. The molecular weight excluding hydrogens is 296 g/mol. The molecule has 5 heteroatoms. The van der Waals surface area contributed by atoms with Crippen molar-refractivity contribution >= 4 is 11.6 Å². The van der Waals surface area contributed by atoms with Gasteiger partial charge in [0.25, 0.3) is 0 Å². The lowest BCUT2D eigenvalue weighted by Gasteiger charge is -2.23. The number of hydrogen-bond donors (Lipinski definition) is 2. The molecule has 0 spiro atoms. The quantitative estimate of drug-likeness (QED) is 0.644. The maximum Gasteiger partial charge on any atom is 0.196 e. The van der Waals surface area contributed by atoms with Gasteiger partial charge in [-0.15, -0.1) is 0 Å². The molecule has 0 radical (unpaired) electrons. The van der Waals surface area contributed by atoms with E-state index in [2.05, 4.69) is 0 Å². The van der Waals surface area contributed by atoms with Crippen molar-refractivity contribution in [3.8, 4) is 11.5 Å². The fourth-order valence-electron chi connectivity index (χ4n) is 2.55. The minimum atomic E-state index is -0.568. The van der Waals surface area contributed by atoms with Gasteiger partial charge in [0.05, 0.1) is 17.2 Å². The number of carbonyl (C=O) groups excluding carboxylic acids is 2. The molecule has 0 aromatic heterocycles. The van der Waals surface area contributed by atoms with Crippen LogP contribution in [0.1, 0.15) is 47.9 Å². The highest BCUT2D eigenvalue weighted by Crippen LogP contribution is 2.36. The van der Waals surface area contributed by atoms with Crippen LogP contribution >= 0.6 is 0 Å². The number of allylic oxidation sites excluding steroid dienone is 2. The van der Waals surface area contributed by atoms with Crippen LogP contribution in [0.25, 0.3) is 0 Å². The van der Waals surface area contributed by atoms with E-state index < -0.39 is 17.7 Å².